The van der Waals surface area contributed by atoms with Crippen molar-refractivity contribution in [2.45, 2.75) is 19.3 Å². The summed E-state index contributed by atoms with van der Waals surface area (Å²) in [4.78, 5) is 0. The molecule has 1 nitrogen and oxygen atoms in total. The number of halogens is 2. The molecule has 104 valence electrons. The molecule has 0 bridgehead atoms. The van der Waals surface area contributed by atoms with Crippen LogP contribution in [-0.2, 0) is 6.42 Å². The van der Waals surface area contributed by atoms with E-state index in [0.717, 1.165) is 12.3 Å². The summed E-state index contributed by atoms with van der Waals surface area (Å²) in [6.45, 7) is 0. The van der Waals surface area contributed by atoms with E-state index in [4.69, 9.17) is 4.74 Å². The molecule has 0 heterocycles. The van der Waals surface area contributed by atoms with Crippen LogP contribution in [0.5, 0.6) is 5.75 Å². The van der Waals surface area contributed by atoms with Crippen molar-refractivity contribution in [2.24, 2.45) is 5.92 Å². The molecule has 0 aromatic heterocycles. The first kappa shape index (κ1) is 13.1. The Kier molecular flexibility index (Phi) is 3.43. The van der Waals surface area contributed by atoms with Gasteiger partial charge in [0, 0.05) is 5.56 Å². The summed E-state index contributed by atoms with van der Waals surface area (Å²) < 4.78 is 32.5. The van der Waals surface area contributed by atoms with Crippen molar-refractivity contribution in [1.82, 2.24) is 0 Å². The Labute approximate surface area is 117 Å². The molecule has 0 amide bonds. The zero-order valence-corrected chi connectivity index (χ0v) is 11.3. The maximum Gasteiger partial charge on any atom is 0.201 e. The van der Waals surface area contributed by atoms with Crippen LogP contribution in [0.15, 0.2) is 36.4 Å². The molecule has 0 unspecified atom stereocenters. The van der Waals surface area contributed by atoms with E-state index in [-0.39, 0.29) is 11.3 Å². The molecule has 2 aromatic rings. The van der Waals surface area contributed by atoms with Crippen LogP contribution in [0.4, 0.5) is 8.78 Å². The first-order chi connectivity index (χ1) is 9.69. The van der Waals surface area contributed by atoms with Crippen LogP contribution in [0.2, 0.25) is 0 Å². The summed E-state index contributed by atoms with van der Waals surface area (Å²) in [6.07, 6.45) is 3.69. The predicted octanol–water partition coefficient (Wildman–Crippen LogP) is 4.59. The second-order valence-corrected chi connectivity index (χ2v) is 5.29. The topological polar surface area (TPSA) is 9.23 Å². The van der Waals surface area contributed by atoms with Gasteiger partial charge in [0.05, 0.1) is 7.11 Å². The Morgan fingerprint density at radius 3 is 2.30 bits per heavy atom. The lowest BCUT2D eigenvalue weighted by Crippen LogP contribution is -1.95. The SMILES string of the molecule is COc1ccc(-c2ccc(CC3CC3)cc2)c(F)c1F. The highest BCUT2D eigenvalue weighted by atomic mass is 19.2. The van der Waals surface area contributed by atoms with Crippen LogP contribution in [0.25, 0.3) is 11.1 Å². The van der Waals surface area contributed by atoms with Crippen molar-refractivity contribution in [1.29, 1.82) is 0 Å². The average molecular weight is 274 g/mol. The van der Waals surface area contributed by atoms with E-state index in [1.807, 2.05) is 24.3 Å². The molecule has 1 aliphatic carbocycles. The van der Waals surface area contributed by atoms with Gasteiger partial charge in [-0.2, -0.15) is 4.39 Å². The lowest BCUT2D eigenvalue weighted by Gasteiger charge is -2.08. The minimum atomic E-state index is -0.938. The molecule has 2 aromatic carbocycles. The monoisotopic (exact) mass is 274 g/mol. The molecule has 0 radical (unpaired) electrons. The van der Waals surface area contributed by atoms with Gasteiger partial charge < -0.3 is 4.74 Å². The van der Waals surface area contributed by atoms with Crippen LogP contribution in [0.1, 0.15) is 18.4 Å². The highest BCUT2D eigenvalue weighted by molar-refractivity contribution is 5.65. The van der Waals surface area contributed by atoms with E-state index >= 15 is 0 Å². The first-order valence-electron chi connectivity index (χ1n) is 6.80. The molecule has 0 N–H and O–H groups in total. The summed E-state index contributed by atoms with van der Waals surface area (Å²) in [6, 6.07) is 10.7. The van der Waals surface area contributed by atoms with Gasteiger partial charge in [-0.1, -0.05) is 24.3 Å². The minimum Gasteiger partial charge on any atom is -0.494 e. The molecular weight excluding hydrogens is 258 g/mol. The molecule has 20 heavy (non-hydrogen) atoms. The van der Waals surface area contributed by atoms with Crippen LogP contribution >= 0.6 is 0 Å². The van der Waals surface area contributed by atoms with Crippen LogP contribution in [-0.4, -0.2) is 7.11 Å². The van der Waals surface area contributed by atoms with Crippen LogP contribution in [0.3, 0.4) is 0 Å². The Balaban J connectivity index is 1.90. The number of ether oxygens (including phenoxy) is 1. The van der Waals surface area contributed by atoms with E-state index in [1.54, 1.807) is 6.07 Å². The predicted molar refractivity (Wildman–Crippen MR) is 74.8 cm³/mol. The van der Waals surface area contributed by atoms with E-state index in [1.165, 1.54) is 31.6 Å². The average Bonchev–Trinajstić information content (AvgIpc) is 3.27. The fourth-order valence-electron chi connectivity index (χ4n) is 2.39. The summed E-state index contributed by atoms with van der Waals surface area (Å²) in [5.41, 5.74) is 2.20. The lowest BCUT2D eigenvalue weighted by molar-refractivity contribution is 0.372. The maximum absolute atomic E-state index is 14.0. The van der Waals surface area contributed by atoms with Gasteiger partial charge in [0.2, 0.25) is 5.82 Å². The van der Waals surface area contributed by atoms with E-state index in [0.29, 0.717) is 5.56 Å². The third kappa shape index (κ3) is 2.53. The highest BCUT2D eigenvalue weighted by Crippen LogP contribution is 2.34. The third-order valence-corrected chi connectivity index (χ3v) is 3.75. The van der Waals surface area contributed by atoms with Gasteiger partial charge in [-0.05, 0) is 48.4 Å². The minimum absolute atomic E-state index is 0.0726. The Morgan fingerprint density at radius 2 is 1.70 bits per heavy atom. The molecule has 1 fully saturated rings. The highest BCUT2D eigenvalue weighted by Gasteiger charge is 2.21. The standard InChI is InChI=1S/C17H16F2O/c1-20-15-9-8-14(16(18)17(15)19)13-6-4-12(5-7-13)10-11-2-3-11/h4-9,11H,2-3,10H2,1H3. The normalized spacial score (nSPS) is 14.3. The van der Waals surface area contributed by atoms with Gasteiger partial charge in [-0.25, -0.2) is 4.39 Å². The van der Waals surface area contributed by atoms with Crippen molar-refractivity contribution < 1.29 is 13.5 Å². The van der Waals surface area contributed by atoms with Gasteiger partial charge in [-0.3, -0.25) is 0 Å². The number of hydrogen-bond acceptors (Lipinski definition) is 1. The molecular formula is C17H16F2O. The summed E-state index contributed by atoms with van der Waals surface area (Å²) in [5.74, 6) is -1.06. The molecule has 0 atom stereocenters. The molecule has 3 rings (SSSR count). The smallest absolute Gasteiger partial charge is 0.201 e. The summed E-state index contributed by atoms with van der Waals surface area (Å²) in [5, 5.41) is 0. The largest absolute Gasteiger partial charge is 0.494 e. The zero-order valence-electron chi connectivity index (χ0n) is 11.3. The van der Waals surface area contributed by atoms with Crippen molar-refractivity contribution >= 4 is 0 Å². The molecule has 1 aliphatic rings. The number of hydrogen-bond donors (Lipinski definition) is 0. The van der Waals surface area contributed by atoms with Gasteiger partial charge in [0.25, 0.3) is 0 Å². The Morgan fingerprint density at radius 1 is 1.00 bits per heavy atom. The van der Waals surface area contributed by atoms with Gasteiger partial charge in [0.15, 0.2) is 11.6 Å². The van der Waals surface area contributed by atoms with E-state index in [9.17, 15) is 8.78 Å². The Bertz CT molecular complexity index is 616. The van der Waals surface area contributed by atoms with Gasteiger partial charge in [-0.15, -0.1) is 0 Å². The lowest BCUT2D eigenvalue weighted by atomic mass is 10.0. The van der Waals surface area contributed by atoms with Crippen LogP contribution in [0, 0.1) is 17.6 Å². The number of rotatable bonds is 4. The fourth-order valence-corrected chi connectivity index (χ4v) is 2.39. The summed E-state index contributed by atoms with van der Waals surface area (Å²) in [7, 11) is 1.32. The van der Waals surface area contributed by atoms with Crippen molar-refractivity contribution in [3.05, 3.63) is 53.6 Å². The quantitative estimate of drug-likeness (QED) is 0.792. The molecule has 0 aliphatic heterocycles. The third-order valence-electron chi connectivity index (χ3n) is 3.75. The van der Waals surface area contributed by atoms with Crippen molar-refractivity contribution in [3.63, 3.8) is 0 Å². The summed E-state index contributed by atoms with van der Waals surface area (Å²) >= 11 is 0. The first-order valence-corrected chi connectivity index (χ1v) is 6.80. The molecule has 1 saturated carbocycles. The molecule has 0 saturated heterocycles. The number of methoxy groups -OCH3 is 1. The fraction of sp³-hybridized carbons (Fsp3) is 0.294. The van der Waals surface area contributed by atoms with Gasteiger partial charge in [0.1, 0.15) is 0 Å². The van der Waals surface area contributed by atoms with E-state index in [2.05, 4.69) is 0 Å². The van der Waals surface area contributed by atoms with E-state index < -0.39 is 11.6 Å². The molecule has 3 heteroatoms. The second kappa shape index (κ2) is 5.23. The van der Waals surface area contributed by atoms with Crippen molar-refractivity contribution in [2.75, 3.05) is 7.11 Å². The zero-order chi connectivity index (χ0) is 14.1. The Hall–Kier alpha value is -1.90. The van der Waals surface area contributed by atoms with Gasteiger partial charge >= 0.3 is 0 Å². The van der Waals surface area contributed by atoms with Crippen LogP contribution < -0.4 is 4.74 Å². The van der Waals surface area contributed by atoms with Crippen molar-refractivity contribution in [3.8, 4) is 16.9 Å². The maximum atomic E-state index is 14.0. The molecule has 0 spiro atoms. The number of benzene rings is 2. The second-order valence-electron chi connectivity index (χ2n) is 5.29.